The van der Waals surface area contributed by atoms with E-state index < -0.39 is 6.10 Å². The second-order valence-corrected chi connectivity index (χ2v) is 3.51. The van der Waals surface area contributed by atoms with E-state index in [9.17, 15) is 5.11 Å². The molecule has 12 heavy (non-hydrogen) atoms. The molecule has 0 aromatic carbocycles. The molecule has 68 valence electrons. The molecule has 2 fully saturated rings. The lowest BCUT2D eigenvalue weighted by molar-refractivity contribution is -0.215. The largest absolute Gasteiger partial charge is 0.389 e. The Balaban J connectivity index is 2.09. The molecular weight excluding hydrogens is 156 g/mol. The van der Waals surface area contributed by atoms with Crippen LogP contribution >= 0.6 is 0 Å². The van der Waals surface area contributed by atoms with Crippen LogP contribution in [-0.4, -0.2) is 30.2 Å². The highest BCUT2D eigenvalue weighted by Gasteiger charge is 2.41. The monoisotopic (exact) mass is 170 g/mol. The van der Waals surface area contributed by atoms with Crippen molar-refractivity contribution in [1.82, 2.24) is 0 Å². The molecule has 3 heteroatoms. The van der Waals surface area contributed by atoms with Gasteiger partial charge in [-0.05, 0) is 12.5 Å². The highest BCUT2D eigenvalue weighted by Crippen LogP contribution is 2.36. The van der Waals surface area contributed by atoms with E-state index in [4.69, 9.17) is 9.47 Å². The summed E-state index contributed by atoms with van der Waals surface area (Å²) in [4.78, 5) is 0. The van der Waals surface area contributed by atoms with Gasteiger partial charge in [0.05, 0.1) is 18.8 Å². The molecule has 1 saturated carbocycles. The van der Waals surface area contributed by atoms with Crippen LogP contribution in [0.1, 0.15) is 13.3 Å². The molecule has 1 heterocycles. The normalized spacial score (nSPS) is 47.7. The fourth-order valence-corrected chi connectivity index (χ4v) is 1.91. The van der Waals surface area contributed by atoms with Gasteiger partial charge in [0.2, 0.25) is 0 Å². The summed E-state index contributed by atoms with van der Waals surface area (Å²) in [5.41, 5.74) is 0.868. The average Bonchev–Trinajstić information content (AvgIpc) is 2.28. The van der Waals surface area contributed by atoms with E-state index >= 15 is 0 Å². The Labute approximate surface area is 72.0 Å². The van der Waals surface area contributed by atoms with E-state index in [-0.39, 0.29) is 18.3 Å². The van der Waals surface area contributed by atoms with Crippen molar-refractivity contribution in [3.8, 4) is 0 Å². The first-order valence-corrected chi connectivity index (χ1v) is 4.32. The molecule has 1 aliphatic carbocycles. The van der Waals surface area contributed by atoms with Crippen molar-refractivity contribution in [2.45, 2.75) is 31.8 Å². The molecule has 0 amide bonds. The molecule has 0 radical (unpaired) electrons. The Morgan fingerprint density at radius 2 is 2.33 bits per heavy atom. The van der Waals surface area contributed by atoms with Crippen molar-refractivity contribution >= 4 is 0 Å². The summed E-state index contributed by atoms with van der Waals surface area (Å²) in [6.45, 7) is 6.35. The van der Waals surface area contributed by atoms with E-state index in [1.807, 2.05) is 6.92 Å². The third-order valence-electron chi connectivity index (χ3n) is 2.69. The van der Waals surface area contributed by atoms with Gasteiger partial charge >= 0.3 is 0 Å². The van der Waals surface area contributed by atoms with Gasteiger partial charge in [0, 0.05) is 12.3 Å². The number of hydrogen-bond acceptors (Lipinski definition) is 3. The van der Waals surface area contributed by atoms with Gasteiger partial charge in [-0.2, -0.15) is 0 Å². The van der Waals surface area contributed by atoms with Crippen molar-refractivity contribution in [3.05, 3.63) is 12.2 Å². The van der Waals surface area contributed by atoms with Gasteiger partial charge < -0.3 is 14.6 Å². The van der Waals surface area contributed by atoms with Crippen molar-refractivity contribution in [1.29, 1.82) is 0 Å². The van der Waals surface area contributed by atoms with E-state index in [0.717, 1.165) is 5.57 Å². The molecule has 0 unspecified atom stereocenters. The maximum Gasteiger partial charge on any atom is 0.155 e. The summed E-state index contributed by atoms with van der Waals surface area (Å²) in [5.74, 6) is 0.205. The fourth-order valence-electron chi connectivity index (χ4n) is 1.91. The van der Waals surface area contributed by atoms with Crippen LogP contribution < -0.4 is 0 Å². The minimum Gasteiger partial charge on any atom is -0.389 e. The lowest BCUT2D eigenvalue weighted by Crippen LogP contribution is -2.35. The third kappa shape index (κ3) is 1.18. The second kappa shape index (κ2) is 2.83. The lowest BCUT2D eigenvalue weighted by atomic mass is 10.0. The molecular formula is C9H14O3. The predicted octanol–water partition coefficient (Wildman–Crippen LogP) is 0.685. The molecule has 1 saturated heterocycles. The van der Waals surface area contributed by atoms with Gasteiger partial charge in [-0.1, -0.05) is 6.58 Å². The first kappa shape index (κ1) is 8.23. The van der Waals surface area contributed by atoms with Crippen LogP contribution in [0.2, 0.25) is 0 Å². The summed E-state index contributed by atoms with van der Waals surface area (Å²) in [5, 5.41) is 9.48. The predicted molar refractivity (Wildman–Crippen MR) is 43.5 cm³/mol. The Hall–Kier alpha value is -0.380. The molecule has 0 aromatic heterocycles. The number of ether oxygens (including phenoxy) is 2. The first-order chi connectivity index (χ1) is 5.68. The van der Waals surface area contributed by atoms with E-state index in [0.29, 0.717) is 13.0 Å². The maximum atomic E-state index is 9.48. The summed E-state index contributed by atoms with van der Waals surface area (Å²) >= 11 is 0. The molecule has 2 aliphatic rings. The number of fused-ring (bicyclic) bond motifs is 1. The standard InChI is InChI=1S/C9H14O3/c1-5-7-4-11-6(2)12-9(7)3-8(5)10/h6-10H,1,3-4H2,2H3/t6-,7-,8+,9-/m0/s1. The number of aliphatic hydroxyl groups excluding tert-OH is 1. The second-order valence-electron chi connectivity index (χ2n) is 3.51. The van der Waals surface area contributed by atoms with Gasteiger partial charge in [0.25, 0.3) is 0 Å². The average molecular weight is 170 g/mol. The zero-order chi connectivity index (χ0) is 8.72. The number of rotatable bonds is 0. The van der Waals surface area contributed by atoms with Crippen molar-refractivity contribution in [3.63, 3.8) is 0 Å². The minimum absolute atomic E-state index is 0.122. The van der Waals surface area contributed by atoms with E-state index in [1.54, 1.807) is 0 Å². The third-order valence-corrected chi connectivity index (χ3v) is 2.69. The molecule has 1 aliphatic heterocycles. The molecule has 4 atom stereocenters. The smallest absolute Gasteiger partial charge is 0.155 e. The number of hydrogen-bond donors (Lipinski definition) is 1. The van der Waals surface area contributed by atoms with Gasteiger partial charge in [-0.25, -0.2) is 0 Å². The molecule has 0 aromatic rings. The molecule has 0 bridgehead atoms. The van der Waals surface area contributed by atoms with Crippen LogP contribution in [0.4, 0.5) is 0 Å². The molecule has 1 N–H and O–H groups in total. The lowest BCUT2D eigenvalue weighted by Gasteiger charge is -2.30. The maximum absolute atomic E-state index is 9.48. The first-order valence-electron chi connectivity index (χ1n) is 4.32. The minimum atomic E-state index is -0.395. The Morgan fingerprint density at radius 3 is 3.08 bits per heavy atom. The zero-order valence-electron chi connectivity index (χ0n) is 7.19. The van der Waals surface area contributed by atoms with Crippen molar-refractivity contribution in [2.24, 2.45) is 5.92 Å². The van der Waals surface area contributed by atoms with Gasteiger partial charge in [-0.3, -0.25) is 0 Å². The summed E-state index contributed by atoms with van der Waals surface area (Å²) in [7, 11) is 0. The summed E-state index contributed by atoms with van der Waals surface area (Å²) in [6.07, 6.45) is 0.270. The van der Waals surface area contributed by atoms with Crippen LogP contribution in [-0.2, 0) is 9.47 Å². The van der Waals surface area contributed by atoms with Crippen molar-refractivity contribution < 1.29 is 14.6 Å². The van der Waals surface area contributed by atoms with Crippen LogP contribution in [0.5, 0.6) is 0 Å². The quantitative estimate of drug-likeness (QED) is 0.543. The molecule has 0 spiro atoms. The van der Waals surface area contributed by atoms with Crippen LogP contribution in [0.15, 0.2) is 12.2 Å². The van der Waals surface area contributed by atoms with Crippen LogP contribution in [0.3, 0.4) is 0 Å². The number of aliphatic hydroxyl groups is 1. The van der Waals surface area contributed by atoms with Crippen molar-refractivity contribution in [2.75, 3.05) is 6.61 Å². The van der Waals surface area contributed by atoms with Crippen LogP contribution in [0, 0.1) is 5.92 Å². The molecule has 3 nitrogen and oxygen atoms in total. The highest BCUT2D eigenvalue weighted by atomic mass is 16.7. The summed E-state index contributed by atoms with van der Waals surface area (Å²) < 4.78 is 10.8. The topological polar surface area (TPSA) is 38.7 Å². The SMILES string of the molecule is C=C1[C@H](O)C[C@@H]2O[C@@H](C)OC[C@@H]12. The van der Waals surface area contributed by atoms with Gasteiger partial charge in [0.1, 0.15) is 0 Å². The Bertz CT molecular complexity index is 202. The van der Waals surface area contributed by atoms with Gasteiger partial charge in [-0.15, -0.1) is 0 Å². The van der Waals surface area contributed by atoms with Crippen LogP contribution in [0.25, 0.3) is 0 Å². The summed E-state index contributed by atoms with van der Waals surface area (Å²) in [6, 6.07) is 0. The zero-order valence-corrected chi connectivity index (χ0v) is 7.19. The van der Waals surface area contributed by atoms with E-state index in [1.165, 1.54) is 0 Å². The Morgan fingerprint density at radius 1 is 1.58 bits per heavy atom. The highest BCUT2D eigenvalue weighted by molar-refractivity contribution is 5.16. The fraction of sp³-hybridized carbons (Fsp3) is 0.778. The van der Waals surface area contributed by atoms with Gasteiger partial charge in [0.15, 0.2) is 6.29 Å². The Kier molecular flexibility index (Phi) is 1.94. The van der Waals surface area contributed by atoms with E-state index in [2.05, 4.69) is 6.58 Å². The molecule has 2 rings (SSSR count).